The molecule has 1 aliphatic carbocycles. The Kier molecular flexibility index (Phi) is 3.49. The van der Waals surface area contributed by atoms with E-state index in [1.807, 2.05) is 4.90 Å². The summed E-state index contributed by atoms with van der Waals surface area (Å²) < 4.78 is 0. The summed E-state index contributed by atoms with van der Waals surface area (Å²) in [5.41, 5.74) is 5.50. The fourth-order valence-electron chi connectivity index (χ4n) is 3.22. The maximum absolute atomic E-state index is 7.40. The van der Waals surface area contributed by atoms with Crippen molar-refractivity contribution >= 4 is 5.96 Å². The second-order valence-electron chi connectivity index (χ2n) is 5.11. The molecule has 0 atom stereocenters. The molecule has 3 nitrogen and oxygen atoms in total. The summed E-state index contributed by atoms with van der Waals surface area (Å²) in [5, 5.41) is 7.40. The van der Waals surface area contributed by atoms with Gasteiger partial charge in [-0.15, -0.1) is 0 Å². The lowest BCUT2D eigenvalue weighted by molar-refractivity contribution is 0.165. The van der Waals surface area contributed by atoms with Crippen LogP contribution in [0.1, 0.15) is 44.9 Å². The van der Waals surface area contributed by atoms with Gasteiger partial charge in [-0.3, -0.25) is 5.41 Å². The Balaban J connectivity index is 1.79. The summed E-state index contributed by atoms with van der Waals surface area (Å²) in [6, 6.07) is 0. The van der Waals surface area contributed by atoms with Gasteiger partial charge in [0, 0.05) is 13.1 Å². The van der Waals surface area contributed by atoms with Crippen LogP contribution in [-0.2, 0) is 0 Å². The third kappa shape index (κ3) is 2.64. The van der Waals surface area contributed by atoms with Crippen molar-refractivity contribution in [2.24, 2.45) is 17.6 Å². The van der Waals surface area contributed by atoms with E-state index in [0.717, 1.165) is 24.9 Å². The van der Waals surface area contributed by atoms with E-state index in [1.54, 1.807) is 0 Å². The van der Waals surface area contributed by atoms with E-state index < -0.39 is 0 Å². The van der Waals surface area contributed by atoms with Gasteiger partial charge in [-0.25, -0.2) is 0 Å². The Morgan fingerprint density at radius 2 is 1.47 bits per heavy atom. The van der Waals surface area contributed by atoms with Crippen LogP contribution in [0.5, 0.6) is 0 Å². The van der Waals surface area contributed by atoms with Gasteiger partial charge < -0.3 is 10.6 Å². The van der Waals surface area contributed by atoms with Gasteiger partial charge in [-0.1, -0.05) is 32.1 Å². The number of nitrogens with two attached hydrogens (primary N) is 1. The van der Waals surface area contributed by atoms with Gasteiger partial charge in [0.25, 0.3) is 0 Å². The largest absolute Gasteiger partial charge is 0.370 e. The molecule has 3 N–H and O–H groups in total. The molecule has 1 saturated heterocycles. The van der Waals surface area contributed by atoms with Crippen LogP contribution in [0.15, 0.2) is 0 Å². The molecule has 15 heavy (non-hydrogen) atoms. The van der Waals surface area contributed by atoms with Crippen LogP contribution in [0.3, 0.4) is 0 Å². The van der Waals surface area contributed by atoms with Crippen LogP contribution in [0, 0.1) is 17.2 Å². The number of guanidine groups is 1. The van der Waals surface area contributed by atoms with Crippen molar-refractivity contribution < 1.29 is 0 Å². The molecule has 3 heteroatoms. The Hall–Kier alpha value is -0.730. The van der Waals surface area contributed by atoms with E-state index in [1.165, 1.54) is 44.9 Å². The van der Waals surface area contributed by atoms with Gasteiger partial charge in [-0.05, 0) is 24.7 Å². The molecule has 0 bridgehead atoms. The molecule has 2 rings (SSSR count). The summed E-state index contributed by atoms with van der Waals surface area (Å²) in [7, 11) is 0. The van der Waals surface area contributed by atoms with E-state index in [9.17, 15) is 0 Å². The third-order valence-electron chi connectivity index (χ3n) is 4.20. The lowest BCUT2D eigenvalue weighted by Gasteiger charge is -2.37. The highest BCUT2D eigenvalue weighted by Crippen LogP contribution is 2.35. The summed E-state index contributed by atoms with van der Waals surface area (Å²) in [5.74, 6) is 2.16. The van der Waals surface area contributed by atoms with E-state index in [-0.39, 0.29) is 5.96 Å². The molecular formula is C12H23N3. The first-order chi connectivity index (χ1) is 7.27. The Morgan fingerprint density at radius 3 is 2.00 bits per heavy atom. The monoisotopic (exact) mass is 209 g/mol. The van der Waals surface area contributed by atoms with E-state index >= 15 is 0 Å². The lowest BCUT2D eigenvalue weighted by Crippen LogP contribution is -2.43. The quantitative estimate of drug-likeness (QED) is 0.513. The highest BCUT2D eigenvalue weighted by molar-refractivity contribution is 5.74. The Bertz CT molecular complexity index is 213. The average molecular weight is 209 g/mol. The smallest absolute Gasteiger partial charge is 0.188 e. The molecule has 1 aliphatic heterocycles. The zero-order chi connectivity index (χ0) is 10.7. The van der Waals surface area contributed by atoms with Crippen LogP contribution >= 0.6 is 0 Å². The van der Waals surface area contributed by atoms with Crippen molar-refractivity contribution in [3.05, 3.63) is 0 Å². The molecule has 0 amide bonds. The van der Waals surface area contributed by atoms with Crippen molar-refractivity contribution in [2.45, 2.75) is 44.9 Å². The molecule has 2 fully saturated rings. The molecular weight excluding hydrogens is 186 g/mol. The van der Waals surface area contributed by atoms with E-state index in [2.05, 4.69) is 0 Å². The van der Waals surface area contributed by atoms with Crippen LogP contribution in [0.4, 0.5) is 0 Å². The molecule has 0 radical (unpaired) electrons. The van der Waals surface area contributed by atoms with Crippen LogP contribution in [-0.4, -0.2) is 23.9 Å². The molecule has 1 heterocycles. The van der Waals surface area contributed by atoms with Crippen LogP contribution in [0.2, 0.25) is 0 Å². The number of piperidine rings is 1. The first-order valence-electron chi connectivity index (χ1n) is 6.36. The Morgan fingerprint density at radius 1 is 0.933 bits per heavy atom. The number of nitrogens with one attached hydrogen (secondary N) is 1. The van der Waals surface area contributed by atoms with Gasteiger partial charge in [0.05, 0.1) is 0 Å². The topological polar surface area (TPSA) is 53.1 Å². The van der Waals surface area contributed by atoms with Crippen molar-refractivity contribution in [1.82, 2.24) is 4.90 Å². The van der Waals surface area contributed by atoms with Gasteiger partial charge in [0.15, 0.2) is 5.96 Å². The normalized spacial score (nSPS) is 25.5. The minimum absolute atomic E-state index is 0.261. The minimum atomic E-state index is 0.261. The summed E-state index contributed by atoms with van der Waals surface area (Å²) in [4.78, 5) is 2.01. The van der Waals surface area contributed by atoms with Crippen molar-refractivity contribution in [3.8, 4) is 0 Å². The maximum Gasteiger partial charge on any atom is 0.188 e. The average Bonchev–Trinajstić information content (AvgIpc) is 2.30. The second-order valence-corrected chi connectivity index (χ2v) is 5.11. The van der Waals surface area contributed by atoms with Crippen molar-refractivity contribution in [1.29, 1.82) is 5.41 Å². The predicted molar refractivity (Wildman–Crippen MR) is 62.8 cm³/mol. The minimum Gasteiger partial charge on any atom is -0.370 e. The Labute approximate surface area is 92.5 Å². The summed E-state index contributed by atoms with van der Waals surface area (Å²) in [6.07, 6.45) is 9.74. The molecule has 0 aromatic heterocycles. The van der Waals surface area contributed by atoms with Gasteiger partial charge in [0.2, 0.25) is 0 Å². The first-order valence-corrected chi connectivity index (χ1v) is 6.36. The number of hydrogen-bond donors (Lipinski definition) is 2. The summed E-state index contributed by atoms with van der Waals surface area (Å²) in [6.45, 7) is 2.02. The fourth-order valence-corrected chi connectivity index (χ4v) is 3.22. The summed E-state index contributed by atoms with van der Waals surface area (Å²) >= 11 is 0. The second kappa shape index (κ2) is 4.86. The first kappa shape index (κ1) is 10.8. The zero-order valence-electron chi connectivity index (χ0n) is 9.54. The molecule has 0 unspecified atom stereocenters. The van der Waals surface area contributed by atoms with E-state index in [4.69, 9.17) is 11.1 Å². The predicted octanol–water partition coefficient (Wildman–Crippen LogP) is 2.17. The van der Waals surface area contributed by atoms with Crippen molar-refractivity contribution in [2.75, 3.05) is 13.1 Å². The zero-order valence-corrected chi connectivity index (χ0v) is 9.54. The lowest BCUT2D eigenvalue weighted by atomic mass is 9.76. The number of likely N-dealkylation sites (tertiary alicyclic amines) is 1. The SMILES string of the molecule is N=C(N)N1CCC(C2CCCCC2)CC1. The number of rotatable bonds is 1. The highest BCUT2D eigenvalue weighted by atomic mass is 15.2. The third-order valence-corrected chi connectivity index (χ3v) is 4.20. The molecule has 0 aromatic carbocycles. The van der Waals surface area contributed by atoms with Gasteiger partial charge in [0.1, 0.15) is 0 Å². The van der Waals surface area contributed by atoms with Crippen LogP contribution in [0.25, 0.3) is 0 Å². The van der Waals surface area contributed by atoms with Gasteiger partial charge >= 0.3 is 0 Å². The van der Waals surface area contributed by atoms with E-state index in [0.29, 0.717) is 0 Å². The maximum atomic E-state index is 7.40. The van der Waals surface area contributed by atoms with Crippen molar-refractivity contribution in [3.63, 3.8) is 0 Å². The van der Waals surface area contributed by atoms with Gasteiger partial charge in [-0.2, -0.15) is 0 Å². The van der Waals surface area contributed by atoms with Crippen LogP contribution < -0.4 is 5.73 Å². The molecule has 1 saturated carbocycles. The number of nitrogens with zero attached hydrogens (tertiary/aromatic N) is 1. The fraction of sp³-hybridized carbons (Fsp3) is 0.917. The molecule has 0 spiro atoms. The number of hydrogen-bond acceptors (Lipinski definition) is 1. The molecule has 2 aliphatic rings. The molecule has 0 aromatic rings. The molecule has 86 valence electrons. The standard InChI is InChI=1S/C12H23N3/c13-12(14)15-8-6-11(7-9-15)10-4-2-1-3-5-10/h10-11H,1-9H2,(H3,13,14). The highest BCUT2D eigenvalue weighted by Gasteiger charge is 2.27.